The van der Waals surface area contributed by atoms with Crippen LogP contribution in [0.15, 0.2) is 47.5 Å². The third-order valence-corrected chi connectivity index (χ3v) is 2.71. The van der Waals surface area contributed by atoms with Crippen LogP contribution >= 0.6 is 15.9 Å². The van der Waals surface area contributed by atoms with Crippen LogP contribution in [-0.2, 0) is 0 Å². The molecule has 3 rings (SSSR count). The van der Waals surface area contributed by atoms with Crippen LogP contribution in [0, 0.1) is 0 Å². The Morgan fingerprint density at radius 3 is 2.94 bits per heavy atom. The maximum Gasteiger partial charge on any atom is 0.114 e. The van der Waals surface area contributed by atoms with Crippen molar-refractivity contribution in [3.05, 3.63) is 47.5 Å². The Kier molecular flexibility index (Phi) is 2.18. The van der Waals surface area contributed by atoms with Gasteiger partial charge >= 0.3 is 0 Å². The molecule has 0 aliphatic carbocycles. The summed E-state index contributed by atoms with van der Waals surface area (Å²) in [4.78, 5) is 8.65. The monoisotopic (exact) mass is 274 g/mol. The Bertz CT molecular complexity index is 634. The summed E-state index contributed by atoms with van der Waals surface area (Å²) in [7, 11) is 0. The van der Waals surface area contributed by atoms with Gasteiger partial charge in [-0.05, 0) is 34.1 Å². The lowest BCUT2D eigenvalue weighted by molar-refractivity contribution is 0.883. The van der Waals surface area contributed by atoms with Gasteiger partial charge in [0.15, 0.2) is 0 Å². The molecule has 3 aromatic heterocycles. The highest BCUT2D eigenvalue weighted by atomic mass is 79.9. The number of pyridine rings is 2. The molecule has 0 atom stereocenters. The number of hydrogen-bond donors (Lipinski definition) is 0. The fraction of sp³-hybridized carbons (Fsp3) is 0. The average molecular weight is 275 g/mol. The van der Waals surface area contributed by atoms with E-state index in [0.717, 1.165) is 21.2 Å². The van der Waals surface area contributed by atoms with Crippen molar-refractivity contribution in [1.29, 1.82) is 0 Å². The van der Waals surface area contributed by atoms with Crippen LogP contribution in [0.2, 0.25) is 0 Å². The predicted octanol–water partition coefficient (Wildman–Crippen LogP) is 2.58. The molecule has 78 valence electrons. The van der Waals surface area contributed by atoms with E-state index in [0.29, 0.717) is 0 Å². The first-order valence-corrected chi connectivity index (χ1v) is 5.54. The van der Waals surface area contributed by atoms with Crippen molar-refractivity contribution in [1.82, 2.24) is 19.7 Å². The van der Waals surface area contributed by atoms with Crippen LogP contribution in [0.5, 0.6) is 0 Å². The fourth-order valence-electron chi connectivity index (χ4n) is 1.59. The Labute approximate surface area is 100 Å². The van der Waals surface area contributed by atoms with Crippen LogP contribution in [0.3, 0.4) is 0 Å². The molecule has 0 aliphatic rings. The summed E-state index contributed by atoms with van der Waals surface area (Å²) in [5, 5.41) is 4.20. The average Bonchev–Trinajstić information content (AvgIpc) is 2.81. The molecule has 0 spiro atoms. The summed E-state index contributed by atoms with van der Waals surface area (Å²) in [5.41, 5.74) is 2.62. The normalized spacial score (nSPS) is 10.8. The molecule has 5 heteroatoms. The second-order valence-corrected chi connectivity index (χ2v) is 4.22. The summed E-state index contributed by atoms with van der Waals surface area (Å²) in [6.45, 7) is 0. The van der Waals surface area contributed by atoms with Gasteiger partial charge < -0.3 is 0 Å². The van der Waals surface area contributed by atoms with Crippen molar-refractivity contribution >= 4 is 27.0 Å². The van der Waals surface area contributed by atoms with Crippen LogP contribution in [-0.4, -0.2) is 19.7 Å². The molecule has 0 bridgehead atoms. The van der Waals surface area contributed by atoms with E-state index in [2.05, 4.69) is 31.0 Å². The van der Waals surface area contributed by atoms with Crippen molar-refractivity contribution in [2.24, 2.45) is 0 Å². The third kappa shape index (κ3) is 1.49. The van der Waals surface area contributed by atoms with Gasteiger partial charge in [-0.2, -0.15) is 5.10 Å². The highest BCUT2D eigenvalue weighted by Crippen LogP contribution is 2.20. The lowest BCUT2D eigenvalue weighted by Crippen LogP contribution is -1.97. The molecule has 0 aromatic carbocycles. The smallest absolute Gasteiger partial charge is 0.114 e. The molecule has 0 aliphatic heterocycles. The number of halogens is 1. The first-order chi connectivity index (χ1) is 7.84. The Balaban J connectivity index is 2.34. The molecule has 4 nitrogen and oxygen atoms in total. The van der Waals surface area contributed by atoms with E-state index in [9.17, 15) is 0 Å². The van der Waals surface area contributed by atoms with E-state index in [-0.39, 0.29) is 0 Å². The van der Waals surface area contributed by atoms with Crippen molar-refractivity contribution < 1.29 is 0 Å². The predicted molar refractivity (Wildman–Crippen MR) is 64.4 cm³/mol. The maximum absolute atomic E-state index is 4.37. The SMILES string of the molecule is Brc1cnc2c(-n3cccn3)ccnc2c1. The van der Waals surface area contributed by atoms with E-state index >= 15 is 0 Å². The summed E-state index contributed by atoms with van der Waals surface area (Å²) in [6, 6.07) is 5.72. The lowest BCUT2D eigenvalue weighted by atomic mass is 10.3. The maximum atomic E-state index is 4.37. The highest BCUT2D eigenvalue weighted by molar-refractivity contribution is 9.10. The first-order valence-electron chi connectivity index (χ1n) is 4.75. The molecule has 3 aromatic rings. The molecule has 0 N–H and O–H groups in total. The molecule has 0 unspecified atom stereocenters. The van der Waals surface area contributed by atoms with Gasteiger partial charge in [-0.25, -0.2) is 4.68 Å². The largest absolute Gasteiger partial charge is 0.254 e. The van der Waals surface area contributed by atoms with Gasteiger partial charge in [0.25, 0.3) is 0 Å². The van der Waals surface area contributed by atoms with E-state index < -0.39 is 0 Å². The molecule has 0 radical (unpaired) electrons. The van der Waals surface area contributed by atoms with Crippen molar-refractivity contribution in [3.63, 3.8) is 0 Å². The van der Waals surface area contributed by atoms with Gasteiger partial charge in [0.05, 0.1) is 11.2 Å². The molecule has 0 amide bonds. The van der Waals surface area contributed by atoms with E-state index in [1.54, 1.807) is 23.3 Å². The molecule has 0 saturated carbocycles. The number of rotatable bonds is 1. The lowest BCUT2D eigenvalue weighted by Gasteiger charge is -2.04. The molecule has 0 saturated heterocycles. The molecule has 16 heavy (non-hydrogen) atoms. The van der Waals surface area contributed by atoms with E-state index in [1.165, 1.54) is 0 Å². The summed E-state index contributed by atoms with van der Waals surface area (Å²) in [6.07, 6.45) is 7.15. The van der Waals surface area contributed by atoms with Gasteiger partial charge in [0.1, 0.15) is 5.52 Å². The number of nitrogens with zero attached hydrogens (tertiary/aromatic N) is 4. The van der Waals surface area contributed by atoms with Gasteiger partial charge in [-0.3, -0.25) is 9.97 Å². The minimum absolute atomic E-state index is 0.842. The van der Waals surface area contributed by atoms with Gasteiger partial charge in [-0.1, -0.05) is 0 Å². The van der Waals surface area contributed by atoms with Gasteiger partial charge in [-0.15, -0.1) is 0 Å². The van der Waals surface area contributed by atoms with Crippen molar-refractivity contribution in [2.75, 3.05) is 0 Å². The van der Waals surface area contributed by atoms with Gasteiger partial charge in [0, 0.05) is 29.3 Å². The molecular weight excluding hydrogens is 268 g/mol. The summed E-state index contributed by atoms with van der Waals surface area (Å²) in [5.74, 6) is 0. The molecule has 0 fully saturated rings. The second kappa shape index (κ2) is 3.68. The first kappa shape index (κ1) is 9.47. The standard InChI is InChI=1S/C11H7BrN4/c12-8-6-9-11(14-7-8)10(2-4-13-9)16-5-1-3-15-16/h1-7H. The number of aromatic nitrogens is 4. The Morgan fingerprint density at radius 1 is 1.19 bits per heavy atom. The Hall–Kier alpha value is -1.75. The van der Waals surface area contributed by atoms with Crippen LogP contribution < -0.4 is 0 Å². The summed E-state index contributed by atoms with van der Waals surface area (Å²) < 4.78 is 2.70. The van der Waals surface area contributed by atoms with Crippen LogP contribution in [0.4, 0.5) is 0 Å². The zero-order valence-electron chi connectivity index (χ0n) is 8.21. The van der Waals surface area contributed by atoms with Crippen LogP contribution in [0.25, 0.3) is 16.7 Å². The minimum Gasteiger partial charge on any atom is -0.254 e. The van der Waals surface area contributed by atoms with E-state index in [1.807, 2.05) is 24.4 Å². The topological polar surface area (TPSA) is 43.6 Å². The second-order valence-electron chi connectivity index (χ2n) is 3.30. The molecule has 3 heterocycles. The zero-order chi connectivity index (χ0) is 11.0. The zero-order valence-corrected chi connectivity index (χ0v) is 9.79. The minimum atomic E-state index is 0.842. The van der Waals surface area contributed by atoms with E-state index in [4.69, 9.17) is 0 Å². The van der Waals surface area contributed by atoms with Crippen LogP contribution in [0.1, 0.15) is 0 Å². The van der Waals surface area contributed by atoms with Crippen molar-refractivity contribution in [2.45, 2.75) is 0 Å². The Morgan fingerprint density at radius 2 is 2.12 bits per heavy atom. The highest BCUT2D eigenvalue weighted by Gasteiger charge is 2.05. The van der Waals surface area contributed by atoms with Gasteiger partial charge in [0.2, 0.25) is 0 Å². The number of fused-ring (bicyclic) bond motifs is 1. The number of hydrogen-bond acceptors (Lipinski definition) is 3. The van der Waals surface area contributed by atoms with Crippen molar-refractivity contribution in [3.8, 4) is 5.69 Å². The molecular formula is C11H7BrN4. The summed E-state index contributed by atoms with van der Waals surface area (Å²) >= 11 is 3.38. The third-order valence-electron chi connectivity index (χ3n) is 2.27. The quantitative estimate of drug-likeness (QED) is 0.685. The fourth-order valence-corrected chi connectivity index (χ4v) is 1.91.